The van der Waals surface area contributed by atoms with E-state index in [1.807, 2.05) is 159 Å². The van der Waals surface area contributed by atoms with Gasteiger partial charge in [-0.25, -0.2) is 18.9 Å². The lowest BCUT2D eigenvalue weighted by atomic mass is 9.86. The maximum atomic E-state index is 12.8. The summed E-state index contributed by atoms with van der Waals surface area (Å²) in [5.74, 6) is 6.47. The number of para-hydroxylation sites is 2. The highest BCUT2D eigenvalue weighted by molar-refractivity contribution is 6.30. The van der Waals surface area contributed by atoms with Crippen LogP contribution in [-0.2, 0) is 38.7 Å². The summed E-state index contributed by atoms with van der Waals surface area (Å²) in [5, 5.41) is 4.27. The van der Waals surface area contributed by atoms with Crippen LogP contribution in [0.3, 0.4) is 0 Å². The molecule has 0 atom stereocenters. The number of benzene rings is 8. The van der Waals surface area contributed by atoms with Gasteiger partial charge in [-0.3, -0.25) is 0 Å². The molecule has 8 aromatic carbocycles. The fourth-order valence-corrected chi connectivity index (χ4v) is 10.1. The van der Waals surface area contributed by atoms with Gasteiger partial charge in [0.25, 0.3) is 0 Å². The van der Waals surface area contributed by atoms with Gasteiger partial charge in [0.15, 0.2) is 5.65 Å². The molecule has 4 heterocycles. The van der Waals surface area contributed by atoms with Crippen molar-refractivity contribution in [1.29, 1.82) is 0 Å². The van der Waals surface area contributed by atoms with Crippen LogP contribution in [0.5, 0.6) is 46.0 Å². The van der Waals surface area contributed by atoms with Crippen LogP contribution in [0.2, 0.25) is 5.02 Å². The third-order valence-electron chi connectivity index (χ3n) is 16.4. The van der Waals surface area contributed by atoms with Gasteiger partial charge in [-0.15, -0.1) is 0 Å². The first-order valence-electron chi connectivity index (χ1n) is 34.2. The maximum Gasteiger partial charge on any atom is 0.416 e. The summed E-state index contributed by atoms with van der Waals surface area (Å²) < 4.78 is 77.0. The van der Waals surface area contributed by atoms with Gasteiger partial charge in [0.2, 0.25) is 0 Å². The molecule has 536 valence electrons. The van der Waals surface area contributed by atoms with E-state index in [0.717, 1.165) is 74.5 Å². The molecule has 12 rings (SSSR count). The van der Waals surface area contributed by atoms with E-state index in [-0.39, 0.29) is 43.3 Å². The molecule has 0 fully saturated rings. The smallest absolute Gasteiger partial charge is 0.416 e. The molecule has 0 radical (unpaired) electrons. The Morgan fingerprint density at radius 2 is 0.716 bits per heavy atom. The fraction of sp³-hybridized carbons (Fsp3) is 0.307. The lowest BCUT2D eigenvalue weighted by Crippen LogP contribution is -2.13. The molecule has 0 saturated carbocycles. The van der Waals surface area contributed by atoms with E-state index >= 15 is 0 Å². The molecule has 9 nitrogen and oxygen atoms in total. The Morgan fingerprint density at radius 1 is 0.333 bits per heavy atom. The number of pyridine rings is 2. The van der Waals surface area contributed by atoms with Gasteiger partial charge >= 0.3 is 6.18 Å². The van der Waals surface area contributed by atoms with Gasteiger partial charge in [-0.2, -0.15) is 18.3 Å². The predicted octanol–water partition coefficient (Wildman–Crippen LogP) is 26.2. The summed E-state index contributed by atoms with van der Waals surface area (Å²) in [6, 6.07) is 67.0. The zero-order valence-electron chi connectivity index (χ0n) is 62.9. The Bertz CT molecular complexity index is 4570. The van der Waals surface area contributed by atoms with Crippen molar-refractivity contribution in [2.45, 2.75) is 177 Å². The Hall–Kier alpha value is -9.72. The second kappa shape index (κ2) is 33.8. The molecule has 0 spiro atoms. The van der Waals surface area contributed by atoms with Crippen LogP contribution in [0.15, 0.2) is 243 Å². The number of aromatic nitrogens is 5. The van der Waals surface area contributed by atoms with Crippen molar-refractivity contribution in [3.8, 4) is 46.0 Å². The van der Waals surface area contributed by atoms with Crippen LogP contribution < -0.4 is 18.9 Å². The van der Waals surface area contributed by atoms with Crippen molar-refractivity contribution >= 4 is 22.9 Å². The fourth-order valence-electron chi connectivity index (χ4n) is 9.95. The van der Waals surface area contributed by atoms with Crippen molar-refractivity contribution in [1.82, 2.24) is 24.0 Å². The van der Waals surface area contributed by atoms with Crippen LogP contribution in [0.1, 0.15) is 175 Å². The molecule has 4 aromatic heterocycles. The molecule has 102 heavy (non-hydrogen) atoms. The highest BCUT2D eigenvalue weighted by Crippen LogP contribution is 2.36. The lowest BCUT2D eigenvalue weighted by molar-refractivity contribution is -0.137. The standard InChI is InChI=1S/C17H19N3O.C17H18N2O.C17H20O.C16H18O.C11H13F3.C10H12ClF/c1-12-9-13(17(2,3)4)5-6-15(12)21-14-7-8-20-16(10-14)18-11-19-20;1-17(2,3)13-4-6-14(7-5-13)20-15-8-10-19-11-9-18-16(19)12-15;1-13-12-14(17(2,3)4)10-11-16(13)18-15-8-6-5-7-9-15;1-16(2,3)13-9-11-15(12-10-13)17-14-7-5-4-6-8-14;1-10(2,3)8-5-4-6-9(7-8)11(12,13)14;1-10(2,3)7-4-5-9(12)8(11)6-7/h5-11H,1-4H3;4-12H,1-3H3;5-12H,1-4H3;4-12H,1-3H3;4-7H,1-3H3;4-6H,1-3H3. The number of hydrogen-bond acceptors (Lipinski definition) is 7. The van der Waals surface area contributed by atoms with Crippen molar-refractivity contribution in [3.63, 3.8) is 0 Å². The molecular formula is C88H100ClF4N5O4. The quantitative estimate of drug-likeness (QED) is 0.140. The lowest BCUT2D eigenvalue weighted by Gasteiger charge is -2.20. The minimum Gasteiger partial charge on any atom is -0.457 e. The summed E-state index contributed by atoms with van der Waals surface area (Å²) in [5.41, 5.74) is 10.8. The normalized spacial score (nSPS) is 11.8. The summed E-state index contributed by atoms with van der Waals surface area (Å²) >= 11 is 5.64. The van der Waals surface area contributed by atoms with Crippen molar-refractivity contribution in [3.05, 3.63) is 304 Å². The zero-order valence-corrected chi connectivity index (χ0v) is 63.6. The monoisotopic (exact) mass is 1400 g/mol. The molecule has 14 heteroatoms. The van der Waals surface area contributed by atoms with Gasteiger partial charge < -0.3 is 23.3 Å². The number of ether oxygens (including phenoxy) is 4. The zero-order chi connectivity index (χ0) is 75.0. The van der Waals surface area contributed by atoms with Crippen molar-refractivity contribution in [2.24, 2.45) is 0 Å². The van der Waals surface area contributed by atoms with Gasteiger partial charge in [0, 0.05) is 36.9 Å². The SMILES string of the molecule is CC(C)(C)c1ccc(F)c(Cl)c1.CC(C)(C)c1ccc(Oc2ccccc2)cc1.CC(C)(C)c1ccc(Oc2ccn3ccnc3c2)cc1.CC(C)(C)c1cccc(C(F)(F)F)c1.Cc1cc(C(C)(C)C)ccc1Oc1ccccc1.Cc1cc(C(C)(C)C)ccc1Oc1ccn2ncnc2c1. The minimum absolute atomic E-state index is 0.0251. The second-order valence-corrected chi connectivity index (χ2v) is 31.6. The molecule has 12 aromatic rings. The molecule has 0 aliphatic rings. The third-order valence-corrected chi connectivity index (χ3v) is 16.7. The molecule has 0 unspecified atom stereocenters. The molecular weight excluding hydrogens is 1300 g/mol. The van der Waals surface area contributed by atoms with Crippen molar-refractivity contribution in [2.75, 3.05) is 0 Å². The second-order valence-electron chi connectivity index (χ2n) is 31.2. The van der Waals surface area contributed by atoms with Crippen LogP contribution >= 0.6 is 11.6 Å². The van der Waals surface area contributed by atoms with Crippen LogP contribution in [0.25, 0.3) is 11.3 Å². The maximum absolute atomic E-state index is 12.8. The first kappa shape index (κ1) is 79.6. The molecule has 0 bridgehead atoms. The Kier molecular flexibility index (Phi) is 26.4. The van der Waals surface area contributed by atoms with Crippen molar-refractivity contribution < 1.29 is 36.5 Å². The predicted molar refractivity (Wildman–Crippen MR) is 412 cm³/mol. The van der Waals surface area contributed by atoms with E-state index < -0.39 is 11.7 Å². The van der Waals surface area contributed by atoms with Gasteiger partial charge in [-0.05, 0) is 182 Å². The van der Waals surface area contributed by atoms with Crippen LogP contribution in [0, 0.1) is 19.7 Å². The number of imidazole rings is 1. The average molecular weight is 1400 g/mol. The number of nitrogens with zero attached hydrogens (tertiary/aromatic N) is 5. The Morgan fingerprint density at radius 3 is 1.18 bits per heavy atom. The summed E-state index contributed by atoms with van der Waals surface area (Å²) in [7, 11) is 0. The summed E-state index contributed by atoms with van der Waals surface area (Å²) in [6.45, 7) is 42.6. The number of hydrogen-bond donors (Lipinski definition) is 0. The molecule has 0 saturated heterocycles. The topological polar surface area (TPSA) is 84.4 Å². The van der Waals surface area contributed by atoms with E-state index in [4.69, 9.17) is 30.5 Å². The molecule has 0 amide bonds. The molecule has 0 aliphatic heterocycles. The highest BCUT2D eigenvalue weighted by Gasteiger charge is 2.31. The average Bonchev–Trinajstić information content (AvgIpc) is 1.59. The van der Waals surface area contributed by atoms with E-state index in [1.165, 1.54) is 52.3 Å². The first-order chi connectivity index (χ1) is 47.6. The van der Waals surface area contributed by atoms with Crippen LogP contribution in [0.4, 0.5) is 17.6 Å². The van der Waals surface area contributed by atoms with E-state index in [0.29, 0.717) is 5.56 Å². The van der Waals surface area contributed by atoms with Gasteiger partial charge in [-0.1, -0.05) is 245 Å². The van der Waals surface area contributed by atoms with E-state index in [2.05, 4.69) is 187 Å². The van der Waals surface area contributed by atoms with E-state index in [9.17, 15) is 17.6 Å². The first-order valence-corrected chi connectivity index (χ1v) is 34.6. The number of alkyl halides is 3. The van der Waals surface area contributed by atoms with Crippen LogP contribution in [-0.4, -0.2) is 24.0 Å². The number of rotatable bonds is 8. The summed E-state index contributed by atoms with van der Waals surface area (Å²) in [6.07, 6.45) is 4.76. The molecule has 0 N–H and O–H groups in total. The highest BCUT2D eigenvalue weighted by atomic mass is 35.5. The summed E-state index contributed by atoms with van der Waals surface area (Å²) in [4.78, 5) is 8.41. The Balaban J connectivity index is 0.000000173. The Labute approximate surface area is 607 Å². The number of fused-ring (bicyclic) bond motifs is 2. The number of aryl methyl sites for hydroxylation is 2. The molecule has 0 aliphatic carbocycles. The number of halogens is 5. The third kappa shape index (κ3) is 24.5. The largest absolute Gasteiger partial charge is 0.457 e. The van der Waals surface area contributed by atoms with Gasteiger partial charge in [0.1, 0.15) is 63.8 Å². The van der Waals surface area contributed by atoms with E-state index in [1.54, 1.807) is 28.9 Å². The van der Waals surface area contributed by atoms with Gasteiger partial charge in [0.05, 0.1) is 10.6 Å². The minimum atomic E-state index is -4.25.